The van der Waals surface area contributed by atoms with Crippen molar-refractivity contribution in [3.63, 3.8) is 0 Å². The molecular weight excluding hydrogens is 332 g/mol. The summed E-state index contributed by atoms with van der Waals surface area (Å²) in [5.74, 6) is 1.62. The number of methoxy groups -OCH3 is 1. The van der Waals surface area contributed by atoms with Crippen molar-refractivity contribution in [2.45, 2.75) is 26.9 Å². The summed E-state index contributed by atoms with van der Waals surface area (Å²) in [6.45, 7) is 6.36. The van der Waals surface area contributed by atoms with Crippen molar-refractivity contribution in [1.29, 1.82) is 0 Å². The average molecular weight is 356 g/mol. The Kier molecular flexibility index (Phi) is 7.02. The first-order chi connectivity index (χ1) is 12.5. The van der Waals surface area contributed by atoms with Gasteiger partial charge in [-0.05, 0) is 62.7 Å². The lowest BCUT2D eigenvalue weighted by atomic mass is 10.2. The van der Waals surface area contributed by atoms with E-state index in [9.17, 15) is 4.79 Å². The first-order valence-electron chi connectivity index (χ1n) is 8.44. The van der Waals surface area contributed by atoms with E-state index in [1.807, 2.05) is 39.0 Å². The van der Waals surface area contributed by atoms with E-state index in [0.717, 1.165) is 5.56 Å². The number of hydrogen-bond acceptors (Lipinski definition) is 5. The largest absolute Gasteiger partial charge is 0.497 e. The van der Waals surface area contributed by atoms with Gasteiger partial charge in [0.25, 0.3) is 5.91 Å². The van der Waals surface area contributed by atoms with Crippen LogP contribution in [0.1, 0.15) is 36.7 Å². The van der Waals surface area contributed by atoms with Crippen molar-refractivity contribution in [2.75, 3.05) is 13.7 Å². The van der Waals surface area contributed by atoms with Crippen LogP contribution in [0.5, 0.6) is 17.2 Å². The first-order valence-corrected chi connectivity index (χ1v) is 8.44. The average Bonchev–Trinajstić information content (AvgIpc) is 2.63. The van der Waals surface area contributed by atoms with Crippen LogP contribution in [0.4, 0.5) is 0 Å². The molecule has 2 aromatic rings. The number of carbonyl (C=O) groups is 1. The number of nitrogens with zero attached hydrogens (tertiary/aromatic N) is 1. The molecule has 0 heterocycles. The summed E-state index contributed by atoms with van der Waals surface area (Å²) >= 11 is 0. The molecule has 1 N–H and O–H groups in total. The molecule has 6 heteroatoms. The molecule has 0 saturated heterocycles. The first kappa shape index (κ1) is 19.3. The molecule has 0 aliphatic heterocycles. The van der Waals surface area contributed by atoms with E-state index in [4.69, 9.17) is 14.2 Å². The highest BCUT2D eigenvalue weighted by Crippen LogP contribution is 2.28. The molecule has 0 aromatic heterocycles. The van der Waals surface area contributed by atoms with Crippen LogP contribution in [0.25, 0.3) is 0 Å². The summed E-state index contributed by atoms with van der Waals surface area (Å²) in [7, 11) is 1.55. The Hall–Kier alpha value is -3.02. The number of nitrogens with one attached hydrogen (secondary N) is 1. The van der Waals surface area contributed by atoms with Crippen LogP contribution in [-0.2, 0) is 0 Å². The van der Waals surface area contributed by atoms with Gasteiger partial charge in [-0.25, -0.2) is 5.43 Å². The Morgan fingerprint density at radius 3 is 2.69 bits per heavy atom. The van der Waals surface area contributed by atoms with Gasteiger partial charge in [-0.3, -0.25) is 4.79 Å². The van der Waals surface area contributed by atoms with Gasteiger partial charge >= 0.3 is 0 Å². The lowest BCUT2D eigenvalue weighted by Gasteiger charge is -2.14. The van der Waals surface area contributed by atoms with E-state index < -0.39 is 0 Å². The normalized spacial score (nSPS) is 10.8. The molecule has 0 fully saturated rings. The molecule has 0 aliphatic carbocycles. The maximum absolute atomic E-state index is 12.1. The molecule has 6 nitrogen and oxygen atoms in total. The van der Waals surface area contributed by atoms with Crippen molar-refractivity contribution in [3.8, 4) is 17.2 Å². The summed E-state index contributed by atoms with van der Waals surface area (Å²) in [5.41, 5.74) is 3.76. The Bertz CT molecular complexity index is 772. The maximum Gasteiger partial charge on any atom is 0.271 e. The molecule has 0 bridgehead atoms. The van der Waals surface area contributed by atoms with Crippen molar-refractivity contribution in [2.24, 2.45) is 5.10 Å². The van der Waals surface area contributed by atoms with Gasteiger partial charge in [0.1, 0.15) is 5.75 Å². The van der Waals surface area contributed by atoms with Gasteiger partial charge in [-0.1, -0.05) is 6.07 Å². The highest BCUT2D eigenvalue weighted by Gasteiger charge is 2.08. The fourth-order valence-corrected chi connectivity index (χ4v) is 2.22. The van der Waals surface area contributed by atoms with E-state index in [0.29, 0.717) is 29.4 Å². The molecule has 26 heavy (non-hydrogen) atoms. The standard InChI is InChI=1S/C20H24N2O4/c1-5-25-19-11-15(9-10-18(19)26-14(2)3)13-21-22-20(23)16-7-6-8-17(12-16)24-4/h6-14H,5H2,1-4H3,(H,22,23)/b21-13+. The molecule has 0 aliphatic rings. The summed E-state index contributed by atoms with van der Waals surface area (Å²) in [6.07, 6.45) is 1.61. The molecule has 2 rings (SSSR count). The predicted octanol–water partition coefficient (Wildman–Crippen LogP) is 3.65. The van der Waals surface area contributed by atoms with Gasteiger partial charge in [0.2, 0.25) is 0 Å². The highest BCUT2D eigenvalue weighted by atomic mass is 16.5. The Morgan fingerprint density at radius 2 is 2.00 bits per heavy atom. The van der Waals surface area contributed by atoms with Crippen molar-refractivity contribution in [3.05, 3.63) is 53.6 Å². The summed E-state index contributed by atoms with van der Waals surface area (Å²) in [6, 6.07) is 12.4. The molecular formula is C20H24N2O4. The molecule has 0 radical (unpaired) electrons. The summed E-state index contributed by atoms with van der Waals surface area (Å²) in [5, 5.41) is 4.00. The quantitative estimate of drug-likeness (QED) is 0.579. The van der Waals surface area contributed by atoms with E-state index in [1.54, 1.807) is 37.6 Å². The zero-order chi connectivity index (χ0) is 18.9. The number of hydrazone groups is 1. The minimum atomic E-state index is -0.315. The lowest BCUT2D eigenvalue weighted by molar-refractivity contribution is 0.0955. The molecule has 0 unspecified atom stereocenters. The highest BCUT2D eigenvalue weighted by molar-refractivity contribution is 5.95. The Balaban J connectivity index is 2.07. The van der Waals surface area contributed by atoms with Gasteiger partial charge in [-0.2, -0.15) is 5.10 Å². The van der Waals surface area contributed by atoms with Crippen LogP contribution in [0, 0.1) is 0 Å². The zero-order valence-corrected chi connectivity index (χ0v) is 15.5. The van der Waals surface area contributed by atoms with Crippen LogP contribution >= 0.6 is 0 Å². The number of benzene rings is 2. The molecule has 0 saturated carbocycles. The molecule has 0 atom stereocenters. The lowest BCUT2D eigenvalue weighted by Crippen LogP contribution is -2.17. The SMILES string of the molecule is CCOc1cc(/C=N/NC(=O)c2cccc(OC)c2)ccc1OC(C)C. The second-order valence-corrected chi connectivity index (χ2v) is 5.74. The number of ether oxygens (including phenoxy) is 3. The van der Waals surface area contributed by atoms with E-state index in [-0.39, 0.29) is 12.0 Å². The van der Waals surface area contributed by atoms with Gasteiger partial charge in [0.15, 0.2) is 11.5 Å². The molecule has 0 spiro atoms. The van der Waals surface area contributed by atoms with Crippen LogP contribution in [0.3, 0.4) is 0 Å². The van der Waals surface area contributed by atoms with Crippen LogP contribution < -0.4 is 19.6 Å². The van der Waals surface area contributed by atoms with Gasteiger partial charge < -0.3 is 14.2 Å². The zero-order valence-electron chi connectivity index (χ0n) is 15.5. The monoisotopic (exact) mass is 356 g/mol. The van der Waals surface area contributed by atoms with Gasteiger partial charge in [-0.15, -0.1) is 0 Å². The topological polar surface area (TPSA) is 69.2 Å². The minimum Gasteiger partial charge on any atom is -0.497 e. The third kappa shape index (κ3) is 5.51. The van der Waals surface area contributed by atoms with Crippen LogP contribution in [-0.4, -0.2) is 31.9 Å². The minimum absolute atomic E-state index is 0.0517. The third-order valence-corrected chi connectivity index (χ3v) is 3.34. The van der Waals surface area contributed by atoms with Crippen molar-refractivity contribution in [1.82, 2.24) is 5.43 Å². The number of carbonyl (C=O) groups excluding carboxylic acids is 1. The van der Waals surface area contributed by atoms with Crippen LogP contribution in [0.15, 0.2) is 47.6 Å². The van der Waals surface area contributed by atoms with Gasteiger partial charge in [0, 0.05) is 5.56 Å². The third-order valence-electron chi connectivity index (χ3n) is 3.34. The molecule has 2 aromatic carbocycles. The van der Waals surface area contributed by atoms with E-state index in [1.165, 1.54) is 0 Å². The van der Waals surface area contributed by atoms with Gasteiger partial charge in [0.05, 0.1) is 26.0 Å². The smallest absolute Gasteiger partial charge is 0.271 e. The summed E-state index contributed by atoms with van der Waals surface area (Å²) < 4.78 is 16.4. The second kappa shape index (κ2) is 9.46. The molecule has 1 amide bonds. The predicted molar refractivity (Wildman–Crippen MR) is 101 cm³/mol. The number of rotatable bonds is 8. The fourth-order valence-electron chi connectivity index (χ4n) is 2.22. The van der Waals surface area contributed by atoms with E-state index >= 15 is 0 Å². The Morgan fingerprint density at radius 1 is 1.19 bits per heavy atom. The Labute approximate surface area is 153 Å². The van der Waals surface area contributed by atoms with Crippen molar-refractivity contribution >= 4 is 12.1 Å². The molecule has 138 valence electrons. The summed E-state index contributed by atoms with van der Waals surface area (Å²) in [4.78, 5) is 12.1. The number of amides is 1. The van der Waals surface area contributed by atoms with E-state index in [2.05, 4.69) is 10.5 Å². The van der Waals surface area contributed by atoms with Crippen molar-refractivity contribution < 1.29 is 19.0 Å². The second-order valence-electron chi connectivity index (χ2n) is 5.74. The number of hydrogen-bond donors (Lipinski definition) is 1. The maximum atomic E-state index is 12.1. The van der Waals surface area contributed by atoms with Crippen LogP contribution in [0.2, 0.25) is 0 Å². The fraction of sp³-hybridized carbons (Fsp3) is 0.300.